The number of methoxy groups -OCH3 is 1. The van der Waals surface area contributed by atoms with Gasteiger partial charge in [0.1, 0.15) is 29.4 Å². The SMILES string of the molecule is COc1ccc(-c2cc3c(Nc4ccc(F)c(Cl)c4)ncnc3n2C(C)C)cc1. The number of benzene rings is 2. The second-order valence-corrected chi connectivity index (χ2v) is 7.34. The molecule has 29 heavy (non-hydrogen) atoms. The van der Waals surface area contributed by atoms with Crippen LogP contribution in [0.5, 0.6) is 5.75 Å². The standard InChI is InChI=1S/C22H20ClFN4O/c1-13(2)28-20(14-4-7-16(29-3)8-5-14)11-17-21(25-12-26-22(17)28)27-15-6-9-19(24)18(23)10-15/h4-13H,1-3H3,(H,25,26,27). The summed E-state index contributed by atoms with van der Waals surface area (Å²) in [5.41, 5.74) is 3.54. The van der Waals surface area contributed by atoms with Crippen molar-refractivity contribution >= 4 is 34.1 Å². The monoisotopic (exact) mass is 410 g/mol. The van der Waals surface area contributed by atoms with Crippen molar-refractivity contribution in [3.05, 3.63) is 65.7 Å². The number of halogens is 2. The van der Waals surface area contributed by atoms with E-state index in [-0.39, 0.29) is 11.1 Å². The first-order valence-corrected chi connectivity index (χ1v) is 9.58. The first-order chi connectivity index (χ1) is 14.0. The van der Waals surface area contributed by atoms with Gasteiger partial charge in [0.2, 0.25) is 0 Å². The summed E-state index contributed by atoms with van der Waals surface area (Å²) < 4.78 is 20.9. The first-order valence-electron chi connectivity index (χ1n) is 9.20. The lowest BCUT2D eigenvalue weighted by atomic mass is 10.1. The van der Waals surface area contributed by atoms with E-state index in [0.29, 0.717) is 11.5 Å². The minimum absolute atomic E-state index is 0.0546. The highest BCUT2D eigenvalue weighted by Crippen LogP contribution is 2.35. The second kappa shape index (κ2) is 7.72. The van der Waals surface area contributed by atoms with Gasteiger partial charge in [0.15, 0.2) is 0 Å². The molecule has 0 fully saturated rings. The lowest BCUT2D eigenvalue weighted by Gasteiger charge is -2.14. The van der Waals surface area contributed by atoms with Crippen LogP contribution in [-0.4, -0.2) is 21.6 Å². The van der Waals surface area contributed by atoms with Crippen LogP contribution in [0, 0.1) is 5.82 Å². The Hall–Kier alpha value is -3.12. The fraction of sp³-hybridized carbons (Fsp3) is 0.182. The molecule has 7 heteroatoms. The molecule has 0 amide bonds. The Morgan fingerprint density at radius 1 is 1.07 bits per heavy atom. The van der Waals surface area contributed by atoms with Crippen molar-refractivity contribution in [3.63, 3.8) is 0 Å². The van der Waals surface area contributed by atoms with Gasteiger partial charge in [0, 0.05) is 11.7 Å². The van der Waals surface area contributed by atoms with Gasteiger partial charge in [0.25, 0.3) is 0 Å². The van der Waals surface area contributed by atoms with E-state index in [9.17, 15) is 4.39 Å². The van der Waals surface area contributed by atoms with Crippen LogP contribution in [0.15, 0.2) is 54.9 Å². The number of ether oxygens (including phenoxy) is 1. The van der Waals surface area contributed by atoms with E-state index in [2.05, 4.69) is 39.8 Å². The maximum atomic E-state index is 13.5. The van der Waals surface area contributed by atoms with Crippen molar-refractivity contribution < 1.29 is 9.13 Å². The Morgan fingerprint density at radius 3 is 2.48 bits per heavy atom. The molecular weight excluding hydrogens is 391 g/mol. The van der Waals surface area contributed by atoms with Crippen molar-refractivity contribution in [2.45, 2.75) is 19.9 Å². The number of fused-ring (bicyclic) bond motifs is 1. The normalized spacial score (nSPS) is 11.2. The zero-order chi connectivity index (χ0) is 20.5. The number of hydrogen-bond acceptors (Lipinski definition) is 4. The molecule has 0 aliphatic heterocycles. The maximum Gasteiger partial charge on any atom is 0.146 e. The Morgan fingerprint density at radius 2 is 1.83 bits per heavy atom. The minimum atomic E-state index is -0.460. The third kappa shape index (κ3) is 3.63. The number of hydrogen-bond donors (Lipinski definition) is 1. The molecule has 2 aromatic heterocycles. The Kier molecular flexibility index (Phi) is 5.11. The Labute approximate surface area is 173 Å². The summed E-state index contributed by atoms with van der Waals surface area (Å²) in [5.74, 6) is 0.973. The van der Waals surface area contributed by atoms with Crippen LogP contribution < -0.4 is 10.1 Å². The van der Waals surface area contributed by atoms with E-state index in [1.54, 1.807) is 13.2 Å². The van der Waals surface area contributed by atoms with Gasteiger partial charge in [-0.1, -0.05) is 11.6 Å². The third-order valence-corrected chi connectivity index (χ3v) is 5.01. The van der Waals surface area contributed by atoms with E-state index in [4.69, 9.17) is 16.3 Å². The molecule has 0 saturated carbocycles. The van der Waals surface area contributed by atoms with Crippen LogP contribution in [0.2, 0.25) is 5.02 Å². The fourth-order valence-electron chi connectivity index (χ4n) is 3.35. The zero-order valence-corrected chi connectivity index (χ0v) is 17.0. The number of nitrogens with one attached hydrogen (secondary N) is 1. The van der Waals surface area contributed by atoms with Gasteiger partial charge in [-0.3, -0.25) is 0 Å². The van der Waals surface area contributed by atoms with Gasteiger partial charge >= 0.3 is 0 Å². The molecule has 0 aliphatic carbocycles. The van der Waals surface area contributed by atoms with Crippen molar-refractivity contribution in [2.24, 2.45) is 0 Å². The van der Waals surface area contributed by atoms with Gasteiger partial charge in [-0.05, 0) is 67.9 Å². The molecule has 4 rings (SSSR count). The zero-order valence-electron chi connectivity index (χ0n) is 16.3. The number of anilines is 2. The molecule has 0 radical (unpaired) electrons. The predicted octanol–water partition coefficient (Wildman–Crippen LogP) is 6.22. The molecule has 0 saturated heterocycles. The van der Waals surface area contributed by atoms with Gasteiger partial charge in [0.05, 0.1) is 23.2 Å². The van der Waals surface area contributed by atoms with E-state index in [1.165, 1.54) is 18.5 Å². The van der Waals surface area contributed by atoms with Crippen LogP contribution in [0.25, 0.3) is 22.3 Å². The summed E-state index contributed by atoms with van der Waals surface area (Å²) in [4.78, 5) is 8.91. The van der Waals surface area contributed by atoms with Gasteiger partial charge in [-0.2, -0.15) is 0 Å². The molecular formula is C22H20ClFN4O. The first kappa shape index (κ1) is 19.2. The maximum absolute atomic E-state index is 13.5. The summed E-state index contributed by atoms with van der Waals surface area (Å²) in [6.45, 7) is 4.23. The van der Waals surface area contributed by atoms with Gasteiger partial charge < -0.3 is 14.6 Å². The highest BCUT2D eigenvalue weighted by atomic mass is 35.5. The number of nitrogens with zero attached hydrogens (tertiary/aromatic N) is 3. The summed E-state index contributed by atoms with van der Waals surface area (Å²) in [6.07, 6.45) is 1.52. The molecule has 2 aromatic carbocycles. The Balaban J connectivity index is 1.84. The summed E-state index contributed by atoms with van der Waals surface area (Å²) in [6, 6.07) is 14.6. The molecule has 0 unspecified atom stereocenters. The smallest absolute Gasteiger partial charge is 0.146 e. The lowest BCUT2D eigenvalue weighted by molar-refractivity contribution is 0.415. The summed E-state index contributed by atoms with van der Waals surface area (Å²) in [7, 11) is 1.65. The molecule has 1 N–H and O–H groups in total. The molecule has 0 atom stereocenters. The largest absolute Gasteiger partial charge is 0.497 e. The van der Waals surface area contributed by atoms with E-state index >= 15 is 0 Å². The molecule has 4 aromatic rings. The van der Waals surface area contributed by atoms with Crippen molar-refractivity contribution in [2.75, 3.05) is 12.4 Å². The molecule has 0 spiro atoms. The fourth-order valence-corrected chi connectivity index (χ4v) is 3.53. The highest BCUT2D eigenvalue weighted by molar-refractivity contribution is 6.31. The van der Waals surface area contributed by atoms with Crippen molar-refractivity contribution in [3.8, 4) is 17.0 Å². The average Bonchev–Trinajstić information content (AvgIpc) is 3.12. The van der Waals surface area contributed by atoms with E-state index in [0.717, 1.165) is 28.0 Å². The van der Waals surface area contributed by atoms with Crippen LogP contribution in [0.3, 0.4) is 0 Å². The third-order valence-electron chi connectivity index (χ3n) is 4.72. The quantitative estimate of drug-likeness (QED) is 0.424. The second-order valence-electron chi connectivity index (χ2n) is 6.94. The molecule has 0 aliphatic rings. The van der Waals surface area contributed by atoms with Gasteiger partial charge in [-0.25, -0.2) is 14.4 Å². The van der Waals surface area contributed by atoms with Crippen LogP contribution in [0.1, 0.15) is 19.9 Å². The van der Waals surface area contributed by atoms with E-state index < -0.39 is 5.82 Å². The average molecular weight is 411 g/mol. The molecule has 148 valence electrons. The molecule has 0 bridgehead atoms. The highest BCUT2D eigenvalue weighted by Gasteiger charge is 2.17. The van der Waals surface area contributed by atoms with Crippen LogP contribution >= 0.6 is 11.6 Å². The van der Waals surface area contributed by atoms with Crippen molar-refractivity contribution in [1.82, 2.24) is 14.5 Å². The topological polar surface area (TPSA) is 52.0 Å². The predicted molar refractivity (Wildman–Crippen MR) is 115 cm³/mol. The number of rotatable bonds is 5. The minimum Gasteiger partial charge on any atom is -0.497 e. The van der Waals surface area contributed by atoms with Gasteiger partial charge in [-0.15, -0.1) is 0 Å². The van der Waals surface area contributed by atoms with Crippen LogP contribution in [0.4, 0.5) is 15.9 Å². The Bertz CT molecular complexity index is 1170. The lowest BCUT2D eigenvalue weighted by Crippen LogP contribution is -2.04. The summed E-state index contributed by atoms with van der Waals surface area (Å²) >= 11 is 5.91. The molecule has 5 nitrogen and oxygen atoms in total. The number of aromatic nitrogens is 3. The van der Waals surface area contributed by atoms with Crippen LogP contribution in [-0.2, 0) is 0 Å². The van der Waals surface area contributed by atoms with E-state index in [1.807, 2.05) is 24.3 Å². The molecule has 2 heterocycles. The summed E-state index contributed by atoms with van der Waals surface area (Å²) in [5, 5.41) is 4.15. The van der Waals surface area contributed by atoms with Crippen molar-refractivity contribution in [1.29, 1.82) is 0 Å².